The minimum absolute atomic E-state index is 0.0723. The van der Waals surface area contributed by atoms with Gasteiger partial charge in [-0.15, -0.1) is 0 Å². The summed E-state index contributed by atoms with van der Waals surface area (Å²) in [5, 5.41) is 25.6. The maximum atomic E-state index is 11.0. The first-order chi connectivity index (χ1) is 14.5. The molecule has 0 spiro atoms. The summed E-state index contributed by atoms with van der Waals surface area (Å²) in [6.45, 7) is 2.36. The molecule has 2 fully saturated rings. The second-order valence-electron chi connectivity index (χ2n) is 9.27. The number of aromatic hydroxyl groups is 1. The lowest BCUT2D eigenvalue weighted by Gasteiger charge is -2.49. The van der Waals surface area contributed by atoms with Gasteiger partial charge in [0.15, 0.2) is 0 Å². The van der Waals surface area contributed by atoms with Gasteiger partial charge < -0.3 is 5.11 Å². The monoisotopic (exact) mass is 405 g/mol. The number of anilines is 1. The van der Waals surface area contributed by atoms with Crippen LogP contribution in [0.2, 0.25) is 0 Å². The topological polar surface area (TPSA) is 87.8 Å². The first kappa shape index (κ1) is 19.1. The second kappa shape index (κ2) is 7.11. The highest BCUT2D eigenvalue weighted by molar-refractivity contribution is 5.93. The van der Waals surface area contributed by atoms with E-state index in [0.29, 0.717) is 29.2 Å². The number of fused-ring (bicyclic) bond motifs is 5. The number of nitro benzene ring substituents is 1. The average molecular weight is 405 g/mol. The lowest BCUT2D eigenvalue weighted by atomic mass is 9.55. The predicted molar refractivity (Wildman–Crippen MR) is 117 cm³/mol. The Kier molecular flexibility index (Phi) is 4.53. The zero-order valence-electron chi connectivity index (χ0n) is 17.2. The zero-order valence-corrected chi connectivity index (χ0v) is 17.2. The maximum Gasteiger partial charge on any atom is 0.271 e. The molecular weight excluding hydrogens is 378 g/mol. The van der Waals surface area contributed by atoms with E-state index in [-0.39, 0.29) is 16.0 Å². The van der Waals surface area contributed by atoms with E-state index in [1.54, 1.807) is 6.07 Å². The molecule has 2 N–H and O–H groups in total. The van der Waals surface area contributed by atoms with E-state index in [9.17, 15) is 15.2 Å². The Bertz CT molecular complexity index is 1030. The van der Waals surface area contributed by atoms with Crippen LogP contribution in [0.5, 0.6) is 5.75 Å². The number of aryl methyl sites for hydroxylation is 1. The predicted octanol–water partition coefficient (Wildman–Crippen LogP) is 5.62. The Morgan fingerprint density at radius 3 is 2.87 bits per heavy atom. The molecule has 4 atom stereocenters. The van der Waals surface area contributed by atoms with E-state index in [1.165, 1.54) is 35.4 Å². The first-order valence-corrected chi connectivity index (χ1v) is 10.8. The fourth-order valence-corrected chi connectivity index (χ4v) is 6.36. The first-order valence-electron chi connectivity index (χ1n) is 10.8. The SMILES string of the molecule is C[C@]12CC[C@H]3c4ccc(O)cc4CC[C@@H]3[C@@H]1CC/C2=N/Nc1cccc([N+](=O)[O-])c1. The van der Waals surface area contributed by atoms with E-state index >= 15 is 0 Å². The van der Waals surface area contributed by atoms with Gasteiger partial charge in [0.1, 0.15) is 5.75 Å². The van der Waals surface area contributed by atoms with Crippen molar-refractivity contribution >= 4 is 17.1 Å². The molecule has 0 heterocycles. The Morgan fingerprint density at radius 1 is 1.17 bits per heavy atom. The van der Waals surface area contributed by atoms with E-state index < -0.39 is 0 Å². The molecule has 2 aromatic rings. The molecule has 3 aliphatic carbocycles. The number of hydrazone groups is 1. The fourth-order valence-electron chi connectivity index (χ4n) is 6.36. The Morgan fingerprint density at radius 2 is 2.03 bits per heavy atom. The van der Waals surface area contributed by atoms with Gasteiger partial charge >= 0.3 is 0 Å². The summed E-state index contributed by atoms with van der Waals surface area (Å²) in [5.41, 5.74) is 7.86. The highest BCUT2D eigenvalue weighted by atomic mass is 16.6. The lowest BCUT2D eigenvalue weighted by molar-refractivity contribution is -0.384. The van der Waals surface area contributed by atoms with Crippen molar-refractivity contribution in [1.82, 2.24) is 0 Å². The summed E-state index contributed by atoms with van der Waals surface area (Å²) in [5.74, 6) is 2.22. The summed E-state index contributed by atoms with van der Waals surface area (Å²) in [7, 11) is 0. The van der Waals surface area contributed by atoms with Gasteiger partial charge in [0, 0.05) is 23.3 Å². The number of phenolic OH excluding ortho intramolecular Hbond substituents is 1. The third kappa shape index (κ3) is 3.06. The number of hydrogen-bond donors (Lipinski definition) is 2. The van der Waals surface area contributed by atoms with Gasteiger partial charge in [0.25, 0.3) is 5.69 Å². The minimum Gasteiger partial charge on any atom is -0.508 e. The van der Waals surface area contributed by atoms with E-state index in [1.807, 2.05) is 18.2 Å². The number of phenols is 1. The van der Waals surface area contributed by atoms with Crippen molar-refractivity contribution in [3.63, 3.8) is 0 Å². The number of rotatable bonds is 3. The molecule has 30 heavy (non-hydrogen) atoms. The Labute approximate surface area is 176 Å². The number of benzene rings is 2. The van der Waals surface area contributed by atoms with Crippen LogP contribution in [0.1, 0.15) is 56.1 Å². The lowest BCUT2D eigenvalue weighted by Crippen LogP contribution is -2.42. The van der Waals surface area contributed by atoms with Crippen LogP contribution < -0.4 is 5.43 Å². The molecule has 6 heteroatoms. The third-order valence-electron chi connectivity index (χ3n) is 7.83. The van der Waals surface area contributed by atoms with E-state index in [0.717, 1.165) is 32.1 Å². The Hall–Kier alpha value is -2.89. The van der Waals surface area contributed by atoms with Gasteiger partial charge in [-0.3, -0.25) is 15.5 Å². The molecule has 2 saturated carbocycles. The van der Waals surface area contributed by atoms with Crippen molar-refractivity contribution in [2.75, 3.05) is 5.43 Å². The third-order valence-corrected chi connectivity index (χ3v) is 7.83. The van der Waals surface area contributed by atoms with Crippen LogP contribution in [0.4, 0.5) is 11.4 Å². The molecular formula is C24H27N3O3. The van der Waals surface area contributed by atoms with Gasteiger partial charge in [-0.2, -0.15) is 5.10 Å². The number of hydrogen-bond acceptors (Lipinski definition) is 5. The van der Waals surface area contributed by atoms with Crippen LogP contribution in [0.15, 0.2) is 47.6 Å². The molecule has 2 aromatic carbocycles. The largest absolute Gasteiger partial charge is 0.508 e. The molecule has 0 amide bonds. The van der Waals surface area contributed by atoms with Crippen LogP contribution >= 0.6 is 0 Å². The van der Waals surface area contributed by atoms with Crippen molar-refractivity contribution in [3.05, 3.63) is 63.7 Å². The molecule has 0 bridgehead atoms. The van der Waals surface area contributed by atoms with Gasteiger partial charge in [0.05, 0.1) is 10.6 Å². The summed E-state index contributed by atoms with van der Waals surface area (Å²) >= 11 is 0. The molecule has 6 nitrogen and oxygen atoms in total. The summed E-state index contributed by atoms with van der Waals surface area (Å²) in [4.78, 5) is 10.6. The molecule has 5 rings (SSSR count). The van der Waals surface area contributed by atoms with Crippen molar-refractivity contribution in [2.24, 2.45) is 22.4 Å². The van der Waals surface area contributed by atoms with Gasteiger partial charge in [0.2, 0.25) is 0 Å². The quantitative estimate of drug-likeness (QED) is 0.512. The van der Waals surface area contributed by atoms with Crippen molar-refractivity contribution < 1.29 is 10.0 Å². The number of non-ortho nitro benzene ring substituents is 1. The van der Waals surface area contributed by atoms with Crippen LogP contribution in [-0.2, 0) is 6.42 Å². The summed E-state index contributed by atoms with van der Waals surface area (Å²) in [6.07, 6.45) is 6.60. The minimum atomic E-state index is -0.382. The highest BCUT2D eigenvalue weighted by Crippen LogP contribution is 2.60. The van der Waals surface area contributed by atoms with Crippen LogP contribution in [0, 0.1) is 27.4 Å². The van der Waals surface area contributed by atoms with Crippen LogP contribution in [0.3, 0.4) is 0 Å². The van der Waals surface area contributed by atoms with Crippen molar-refractivity contribution in [3.8, 4) is 5.75 Å². The Balaban J connectivity index is 1.38. The van der Waals surface area contributed by atoms with Gasteiger partial charge in [-0.1, -0.05) is 19.1 Å². The van der Waals surface area contributed by atoms with E-state index in [4.69, 9.17) is 5.10 Å². The second-order valence-corrected chi connectivity index (χ2v) is 9.27. The number of nitrogens with zero attached hydrogens (tertiary/aromatic N) is 2. The van der Waals surface area contributed by atoms with Gasteiger partial charge in [-0.05, 0) is 85.6 Å². The normalized spacial score (nSPS) is 31.0. The van der Waals surface area contributed by atoms with Crippen molar-refractivity contribution in [2.45, 2.75) is 51.4 Å². The molecule has 0 unspecified atom stereocenters. The molecule has 0 aliphatic heterocycles. The zero-order chi connectivity index (χ0) is 20.9. The standard InChI is InChI=1S/C24H27N3O3/c1-24-12-11-20-19-8-6-18(28)13-15(19)5-7-21(20)22(24)9-10-23(24)26-25-16-3-2-4-17(14-16)27(29)30/h2-4,6,8,13-14,20-22,25,28H,5,7,9-12H2,1H3/b26-23-/t20-,21-,22-,24-/m0/s1. The molecule has 3 aliphatic rings. The number of nitro groups is 1. The average Bonchev–Trinajstić information content (AvgIpc) is 3.08. The summed E-state index contributed by atoms with van der Waals surface area (Å²) < 4.78 is 0. The van der Waals surface area contributed by atoms with Gasteiger partial charge in [-0.25, -0.2) is 0 Å². The van der Waals surface area contributed by atoms with E-state index in [2.05, 4.69) is 18.4 Å². The van der Waals surface area contributed by atoms with Crippen LogP contribution in [-0.4, -0.2) is 15.7 Å². The molecule has 156 valence electrons. The maximum absolute atomic E-state index is 11.0. The fraction of sp³-hybridized carbons (Fsp3) is 0.458. The number of nitrogens with one attached hydrogen (secondary N) is 1. The smallest absolute Gasteiger partial charge is 0.271 e. The molecule has 0 radical (unpaired) electrons. The molecule has 0 aromatic heterocycles. The highest BCUT2D eigenvalue weighted by Gasteiger charge is 2.53. The summed E-state index contributed by atoms with van der Waals surface area (Å²) in [6, 6.07) is 12.4. The molecule has 0 saturated heterocycles. The van der Waals surface area contributed by atoms with Crippen LogP contribution in [0.25, 0.3) is 0 Å². The van der Waals surface area contributed by atoms with Crippen molar-refractivity contribution in [1.29, 1.82) is 0 Å².